The highest BCUT2D eigenvalue weighted by Gasteiger charge is 2.24. The summed E-state index contributed by atoms with van der Waals surface area (Å²) in [5, 5.41) is 16.4. The molecule has 11 nitrogen and oxygen atoms in total. The number of carbonyl (C=O) groups excluding carboxylic acids is 4. The van der Waals surface area contributed by atoms with E-state index >= 15 is 0 Å². The third-order valence-electron chi connectivity index (χ3n) is 3.97. The molecule has 0 saturated heterocycles. The Kier molecular flexibility index (Phi) is 10.6. The van der Waals surface area contributed by atoms with Gasteiger partial charge in [-0.1, -0.05) is 18.2 Å². The number of anilines is 1. The van der Waals surface area contributed by atoms with E-state index in [1.807, 2.05) is 12.1 Å². The summed E-state index contributed by atoms with van der Waals surface area (Å²) in [5.41, 5.74) is 4.57. The standard InChI is InChI=1S/C21H31N7O4/c1-15(24-18(30)19(31)25-21(2,3)4)17(29)26-27-20(32)28(14-13-23-12-8-11-22)16-9-6-5-7-10-16/h5-7,9-10,15,23H,8,12-14H2,1-4H3,(H,24,30)(H,25,31)(H,26,29)(H,27,32). The molecule has 0 aromatic heterocycles. The number of nitrogens with one attached hydrogen (secondary N) is 5. The summed E-state index contributed by atoms with van der Waals surface area (Å²) in [4.78, 5) is 50.1. The quantitative estimate of drug-likeness (QED) is 0.218. The first kappa shape index (κ1) is 26.4. The number of rotatable bonds is 8. The maximum atomic E-state index is 12.6. The average molecular weight is 446 g/mol. The summed E-state index contributed by atoms with van der Waals surface area (Å²) in [5.74, 6) is -2.51. The zero-order valence-corrected chi connectivity index (χ0v) is 18.8. The predicted octanol–water partition coefficient (Wildman–Crippen LogP) is 0.156. The van der Waals surface area contributed by atoms with E-state index in [1.165, 1.54) is 11.8 Å². The molecule has 1 rings (SSSR count). The van der Waals surface area contributed by atoms with Crippen LogP contribution in [0.5, 0.6) is 0 Å². The van der Waals surface area contributed by atoms with Crippen molar-refractivity contribution in [1.29, 1.82) is 5.26 Å². The van der Waals surface area contributed by atoms with Crippen molar-refractivity contribution in [2.75, 3.05) is 24.5 Å². The lowest BCUT2D eigenvalue weighted by Gasteiger charge is -2.24. The summed E-state index contributed by atoms with van der Waals surface area (Å²) in [7, 11) is 0. The molecule has 0 aliphatic heterocycles. The normalized spacial score (nSPS) is 11.5. The molecular formula is C21H31N7O4. The number of hydrazine groups is 1. The molecule has 5 N–H and O–H groups in total. The highest BCUT2D eigenvalue weighted by molar-refractivity contribution is 6.35. The zero-order valence-electron chi connectivity index (χ0n) is 18.8. The number of para-hydroxylation sites is 1. The predicted molar refractivity (Wildman–Crippen MR) is 119 cm³/mol. The minimum absolute atomic E-state index is 0.288. The maximum Gasteiger partial charge on any atom is 0.340 e. The Morgan fingerprint density at radius 1 is 1.03 bits per heavy atom. The van der Waals surface area contributed by atoms with E-state index in [1.54, 1.807) is 45.0 Å². The van der Waals surface area contributed by atoms with Crippen molar-refractivity contribution in [3.8, 4) is 6.07 Å². The summed E-state index contributed by atoms with van der Waals surface area (Å²) >= 11 is 0. The lowest BCUT2D eigenvalue weighted by molar-refractivity contribution is -0.141. The Hall–Kier alpha value is -3.65. The molecule has 1 aromatic rings. The van der Waals surface area contributed by atoms with Gasteiger partial charge in [-0.2, -0.15) is 5.26 Å². The third-order valence-corrected chi connectivity index (χ3v) is 3.97. The van der Waals surface area contributed by atoms with Crippen LogP contribution in [0.1, 0.15) is 34.1 Å². The monoisotopic (exact) mass is 445 g/mol. The first-order valence-electron chi connectivity index (χ1n) is 10.2. The van der Waals surface area contributed by atoms with Crippen LogP contribution in [0.2, 0.25) is 0 Å². The summed E-state index contributed by atoms with van der Waals surface area (Å²) in [6.07, 6.45) is 0.352. The molecule has 0 spiro atoms. The smallest absolute Gasteiger partial charge is 0.340 e. The topological polar surface area (TPSA) is 155 Å². The Morgan fingerprint density at radius 2 is 1.69 bits per heavy atom. The van der Waals surface area contributed by atoms with Gasteiger partial charge in [0.2, 0.25) is 0 Å². The van der Waals surface area contributed by atoms with Crippen LogP contribution in [0.4, 0.5) is 10.5 Å². The highest BCUT2D eigenvalue weighted by Crippen LogP contribution is 2.12. The second-order valence-electron chi connectivity index (χ2n) is 7.96. The van der Waals surface area contributed by atoms with E-state index in [0.717, 1.165) is 0 Å². The lowest BCUT2D eigenvalue weighted by atomic mass is 10.1. The van der Waals surface area contributed by atoms with E-state index in [0.29, 0.717) is 25.2 Å². The maximum absolute atomic E-state index is 12.6. The van der Waals surface area contributed by atoms with Crippen molar-refractivity contribution in [2.24, 2.45) is 0 Å². The van der Waals surface area contributed by atoms with E-state index in [4.69, 9.17) is 5.26 Å². The third kappa shape index (κ3) is 9.90. The summed E-state index contributed by atoms with van der Waals surface area (Å²) < 4.78 is 0. The second kappa shape index (κ2) is 12.9. The van der Waals surface area contributed by atoms with Gasteiger partial charge in [0.05, 0.1) is 6.07 Å². The summed E-state index contributed by atoms with van der Waals surface area (Å²) in [6, 6.07) is 9.23. The molecular weight excluding hydrogens is 414 g/mol. The zero-order chi connectivity index (χ0) is 24.1. The first-order valence-corrected chi connectivity index (χ1v) is 10.2. The molecule has 174 valence electrons. The van der Waals surface area contributed by atoms with Gasteiger partial charge in [0.15, 0.2) is 0 Å². The fourth-order valence-electron chi connectivity index (χ4n) is 2.43. The Balaban J connectivity index is 2.62. The fraction of sp³-hybridized carbons (Fsp3) is 0.476. The van der Waals surface area contributed by atoms with Gasteiger partial charge in [-0.05, 0) is 39.8 Å². The molecule has 0 aliphatic carbocycles. The summed E-state index contributed by atoms with van der Waals surface area (Å²) in [6.45, 7) is 7.78. The van der Waals surface area contributed by atoms with Gasteiger partial charge < -0.3 is 16.0 Å². The van der Waals surface area contributed by atoms with Crippen molar-refractivity contribution in [2.45, 2.75) is 45.7 Å². The van der Waals surface area contributed by atoms with Gasteiger partial charge in [0, 0.05) is 37.3 Å². The van der Waals surface area contributed by atoms with Gasteiger partial charge in [0.1, 0.15) is 6.04 Å². The molecule has 1 aromatic carbocycles. The van der Waals surface area contributed by atoms with Gasteiger partial charge >= 0.3 is 17.8 Å². The number of nitrogens with zero attached hydrogens (tertiary/aromatic N) is 2. The molecule has 1 atom stereocenters. The Bertz CT molecular complexity index is 831. The number of benzene rings is 1. The van der Waals surface area contributed by atoms with Gasteiger partial charge in [-0.15, -0.1) is 0 Å². The average Bonchev–Trinajstić information content (AvgIpc) is 2.73. The van der Waals surface area contributed by atoms with Crippen LogP contribution in [0.25, 0.3) is 0 Å². The van der Waals surface area contributed by atoms with Gasteiger partial charge in [-0.25, -0.2) is 10.2 Å². The number of amides is 5. The molecule has 0 aliphatic rings. The van der Waals surface area contributed by atoms with Crippen LogP contribution in [0, 0.1) is 11.3 Å². The molecule has 0 radical (unpaired) electrons. The van der Waals surface area contributed by atoms with Crippen molar-refractivity contribution in [3.05, 3.63) is 30.3 Å². The fourth-order valence-corrected chi connectivity index (χ4v) is 2.43. The second-order valence-corrected chi connectivity index (χ2v) is 7.96. The highest BCUT2D eigenvalue weighted by atomic mass is 16.2. The van der Waals surface area contributed by atoms with Crippen LogP contribution in [-0.4, -0.2) is 55.0 Å². The minimum Gasteiger partial charge on any atom is -0.343 e. The van der Waals surface area contributed by atoms with E-state index in [-0.39, 0.29) is 6.54 Å². The molecule has 0 saturated carbocycles. The Morgan fingerprint density at radius 3 is 2.28 bits per heavy atom. The molecule has 0 fully saturated rings. The van der Waals surface area contributed by atoms with Crippen molar-refractivity contribution in [3.63, 3.8) is 0 Å². The largest absolute Gasteiger partial charge is 0.343 e. The minimum atomic E-state index is -1.06. The Labute approximate surface area is 187 Å². The van der Waals surface area contributed by atoms with Crippen LogP contribution in [0.15, 0.2) is 30.3 Å². The number of carbonyl (C=O) groups is 4. The van der Waals surface area contributed by atoms with E-state index < -0.39 is 35.3 Å². The number of urea groups is 1. The molecule has 0 heterocycles. The molecule has 1 unspecified atom stereocenters. The SMILES string of the molecule is CC(NC(=O)C(=O)NC(C)(C)C)C(=O)NNC(=O)N(CCNCCC#N)c1ccccc1. The molecule has 11 heteroatoms. The molecule has 5 amide bonds. The van der Waals surface area contributed by atoms with Crippen LogP contribution < -0.4 is 31.7 Å². The number of hydrogen-bond acceptors (Lipinski definition) is 6. The van der Waals surface area contributed by atoms with E-state index in [9.17, 15) is 19.2 Å². The van der Waals surface area contributed by atoms with Crippen molar-refractivity contribution >= 4 is 29.4 Å². The molecule has 32 heavy (non-hydrogen) atoms. The van der Waals surface area contributed by atoms with Crippen molar-refractivity contribution in [1.82, 2.24) is 26.8 Å². The van der Waals surface area contributed by atoms with Crippen LogP contribution in [0.3, 0.4) is 0 Å². The van der Waals surface area contributed by atoms with Crippen LogP contribution in [-0.2, 0) is 14.4 Å². The molecule has 0 bridgehead atoms. The van der Waals surface area contributed by atoms with Crippen molar-refractivity contribution < 1.29 is 19.2 Å². The van der Waals surface area contributed by atoms with Gasteiger partial charge in [-0.3, -0.25) is 24.7 Å². The number of hydrogen-bond donors (Lipinski definition) is 5. The number of nitriles is 1. The van der Waals surface area contributed by atoms with E-state index in [2.05, 4.69) is 26.8 Å². The lowest BCUT2D eigenvalue weighted by Crippen LogP contribution is -2.57. The van der Waals surface area contributed by atoms with Gasteiger partial charge in [0.25, 0.3) is 5.91 Å². The van der Waals surface area contributed by atoms with Crippen LogP contribution >= 0.6 is 0 Å². The first-order chi connectivity index (χ1) is 15.0.